The van der Waals surface area contributed by atoms with Crippen molar-refractivity contribution in [2.75, 3.05) is 0 Å². The molecule has 2 aromatic rings. The largest absolute Gasteiger partial charge is 0.478 e. The monoisotopic (exact) mass is 386 g/mol. The molecule has 0 radical (unpaired) electrons. The van der Waals surface area contributed by atoms with Crippen molar-refractivity contribution in [3.05, 3.63) is 107 Å². The van der Waals surface area contributed by atoms with Gasteiger partial charge in [0.15, 0.2) is 0 Å². The molecule has 0 aliphatic heterocycles. The number of carboxylic acid groups (broad SMARTS) is 1. The molecular weight excluding hydrogens is 356 g/mol. The van der Waals surface area contributed by atoms with Crippen LogP contribution < -0.4 is 0 Å². The quantitative estimate of drug-likeness (QED) is 0.427. The number of hydrogen-bond acceptors (Lipinski definition) is 1. The van der Waals surface area contributed by atoms with Crippen LogP contribution in [-0.2, 0) is 10.2 Å². The number of allylic oxidation sites excluding steroid dienone is 5. The average Bonchev–Trinajstić information content (AvgIpc) is 2.66. The summed E-state index contributed by atoms with van der Waals surface area (Å²) < 4.78 is 0. The van der Waals surface area contributed by atoms with Gasteiger partial charge in [0.25, 0.3) is 0 Å². The molecule has 0 atom stereocenters. The molecule has 0 aromatic heterocycles. The first kappa shape index (κ1) is 22.2. The van der Waals surface area contributed by atoms with Gasteiger partial charge in [0.2, 0.25) is 0 Å². The average molecular weight is 387 g/mol. The molecule has 2 rings (SSSR count). The molecular formula is C27H30O2. The highest BCUT2D eigenvalue weighted by Crippen LogP contribution is 2.31. The smallest absolute Gasteiger partial charge is 0.328 e. The number of hydrogen-bond donors (Lipinski definition) is 1. The fourth-order valence-electron chi connectivity index (χ4n) is 2.95. The van der Waals surface area contributed by atoms with E-state index in [1.807, 2.05) is 30.4 Å². The highest BCUT2D eigenvalue weighted by Gasteiger charge is 2.17. The minimum absolute atomic E-state index is 0.0126. The predicted octanol–water partition coefficient (Wildman–Crippen LogP) is 7.04. The number of rotatable bonds is 6. The van der Waals surface area contributed by atoms with Gasteiger partial charge in [-0.15, -0.1) is 0 Å². The molecule has 0 fully saturated rings. The molecule has 0 aliphatic carbocycles. The second-order valence-electron chi connectivity index (χ2n) is 8.33. The Bertz CT molecular complexity index is 981. The van der Waals surface area contributed by atoms with E-state index in [0.29, 0.717) is 5.57 Å². The summed E-state index contributed by atoms with van der Waals surface area (Å²) in [6.45, 7) is 14.8. The van der Waals surface area contributed by atoms with E-state index in [1.54, 1.807) is 13.0 Å². The fourth-order valence-corrected chi connectivity index (χ4v) is 2.95. The number of carboxylic acids is 1. The molecule has 0 heterocycles. The highest BCUT2D eigenvalue weighted by atomic mass is 16.4. The molecule has 29 heavy (non-hydrogen) atoms. The van der Waals surface area contributed by atoms with E-state index in [2.05, 4.69) is 64.6 Å². The third-order valence-corrected chi connectivity index (χ3v) is 4.78. The van der Waals surface area contributed by atoms with Crippen molar-refractivity contribution >= 4 is 17.1 Å². The highest BCUT2D eigenvalue weighted by molar-refractivity contribution is 5.82. The van der Waals surface area contributed by atoms with Gasteiger partial charge in [0.05, 0.1) is 0 Å². The molecule has 0 saturated heterocycles. The number of aliphatic carboxylic acids is 1. The van der Waals surface area contributed by atoms with Gasteiger partial charge < -0.3 is 5.11 Å². The van der Waals surface area contributed by atoms with Crippen molar-refractivity contribution in [2.24, 2.45) is 0 Å². The van der Waals surface area contributed by atoms with Gasteiger partial charge in [-0.3, -0.25) is 0 Å². The fraction of sp³-hybridized carbons (Fsp3) is 0.222. The maximum Gasteiger partial charge on any atom is 0.328 e. The van der Waals surface area contributed by atoms with E-state index in [9.17, 15) is 4.79 Å². The van der Waals surface area contributed by atoms with E-state index in [-0.39, 0.29) is 5.41 Å². The molecule has 0 unspecified atom stereocenters. The van der Waals surface area contributed by atoms with Crippen molar-refractivity contribution in [3.63, 3.8) is 0 Å². The lowest BCUT2D eigenvalue weighted by Crippen LogP contribution is -2.12. The van der Waals surface area contributed by atoms with Crippen molar-refractivity contribution in [1.29, 1.82) is 0 Å². The number of carbonyl (C=O) groups is 1. The van der Waals surface area contributed by atoms with Crippen molar-refractivity contribution in [2.45, 2.75) is 40.0 Å². The molecule has 2 aromatic carbocycles. The Hall–Kier alpha value is -3.13. The van der Waals surface area contributed by atoms with Gasteiger partial charge in [-0.1, -0.05) is 88.0 Å². The van der Waals surface area contributed by atoms with Crippen LogP contribution in [0, 0.1) is 0 Å². The first-order valence-electron chi connectivity index (χ1n) is 9.75. The summed E-state index contributed by atoms with van der Waals surface area (Å²) in [5.41, 5.74) is 7.42. The van der Waals surface area contributed by atoms with Crippen LogP contribution in [0.4, 0.5) is 0 Å². The van der Waals surface area contributed by atoms with E-state index >= 15 is 0 Å². The SMILES string of the molecule is C=C(c1ccccc1)c1cc(C(C)=CC=CC(C)=CC(=O)O)cc(C(C)(C)C)c1. The van der Waals surface area contributed by atoms with Crippen molar-refractivity contribution in [1.82, 2.24) is 0 Å². The van der Waals surface area contributed by atoms with Crippen molar-refractivity contribution in [3.8, 4) is 0 Å². The van der Waals surface area contributed by atoms with Crippen LogP contribution in [0.3, 0.4) is 0 Å². The van der Waals surface area contributed by atoms with E-state index in [4.69, 9.17) is 5.11 Å². The van der Waals surface area contributed by atoms with Crippen LogP contribution in [-0.4, -0.2) is 11.1 Å². The summed E-state index contributed by atoms with van der Waals surface area (Å²) >= 11 is 0. The Balaban J connectivity index is 2.46. The summed E-state index contributed by atoms with van der Waals surface area (Å²) in [6.07, 6.45) is 6.90. The van der Waals surface area contributed by atoms with E-state index in [1.165, 1.54) is 11.6 Å². The Labute approximate surface area is 174 Å². The normalized spacial score (nSPS) is 13.0. The summed E-state index contributed by atoms with van der Waals surface area (Å²) in [6, 6.07) is 16.8. The van der Waals surface area contributed by atoms with Gasteiger partial charge in [-0.05, 0) is 64.3 Å². The molecule has 0 saturated carbocycles. The summed E-state index contributed by atoms with van der Waals surface area (Å²) in [7, 11) is 0. The Morgan fingerprint density at radius 1 is 0.966 bits per heavy atom. The van der Waals surface area contributed by atoms with Crippen molar-refractivity contribution < 1.29 is 9.90 Å². The van der Waals surface area contributed by atoms with Gasteiger partial charge in [0.1, 0.15) is 0 Å². The maximum atomic E-state index is 10.7. The first-order valence-corrected chi connectivity index (χ1v) is 9.75. The molecule has 2 heteroatoms. The zero-order chi connectivity index (χ0) is 21.6. The van der Waals surface area contributed by atoms with Gasteiger partial charge in [-0.2, -0.15) is 0 Å². The van der Waals surface area contributed by atoms with E-state index in [0.717, 1.165) is 27.8 Å². The molecule has 0 aliphatic rings. The van der Waals surface area contributed by atoms with E-state index < -0.39 is 5.97 Å². The number of benzene rings is 2. The standard InChI is InChI=1S/C27H30O2/c1-19(15-26(28)29)11-10-12-20(2)23-16-24(18-25(17-23)27(4,5)6)21(3)22-13-8-7-9-14-22/h7-18H,3H2,1-2,4-6H3,(H,28,29). The molecule has 0 amide bonds. The third kappa shape index (κ3) is 6.46. The molecule has 0 spiro atoms. The van der Waals surface area contributed by atoms with Crippen LogP contribution in [0.25, 0.3) is 11.1 Å². The molecule has 2 nitrogen and oxygen atoms in total. The predicted molar refractivity (Wildman–Crippen MR) is 124 cm³/mol. The topological polar surface area (TPSA) is 37.3 Å². The second-order valence-corrected chi connectivity index (χ2v) is 8.33. The third-order valence-electron chi connectivity index (χ3n) is 4.78. The summed E-state index contributed by atoms with van der Waals surface area (Å²) in [5, 5.41) is 8.82. The summed E-state index contributed by atoms with van der Waals surface area (Å²) in [4.78, 5) is 10.7. The molecule has 1 N–H and O–H groups in total. The zero-order valence-corrected chi connectivity index (χ0v) is 18.0. The summed E-state index contributed by atoms with van der Waals surface area (Å²) in [5.74, 6) is -0.935. The van der Waals surface area contributed by atoms with Crippen LogP contribution in [0.1, 0.15) is 56.9 Å². The maximum absolute atomic E-state index is 10.7. The van der Waals surface area contributed by atoms with Crippen LogP contribution in [0.2, 0.25) is 0 Å². The Kier molecular flexibility index (Phi) is 7.17. The lowest BCUT2D eigenvalue weighted by Gasteiger charge is -2.22. The first-order chi connectivity index (χ1) is 13.6. The molecule has 150 valence electrons. The van der Waals surface area contributed by atoms with Crippen LogP contribution in [0.15, 0.2) is 85.0 Å². The van der Waals surface area contributed by atoms with Crippen LogP contribution >= 0.6 is 0 Å². The minimum atomic E-state index is -0.935. The lowest BCUT2D eigenvalue weighted by molar-refractivity contribution is -0.131. The Morgan fingerprint density at radius 3 is 2.17 bits per heavy atom. The zero-order valence-electron chi connectivity index (χ0n) is 18.0. The molecule has 0 bridgehead atoms. The van der Waals surface area contributed by atoms with Gasteiger partial charge in [0, 0.05) is 6.08 Å². The lowest BCUT2D eigenvalue weighted by atomic mass is 9.82. The minimum Gasteiger partial charge on any atom is -0.478 e. The Morgan fingerprint density at radius 2 is 1.59 bits per heavy atom. The van der Waals surface area contributed by atoms with Crippen LogP contribution in [0.5, 0.6) is 0 Å². The van der Waals surface area contributed by atoms with Gasteiger partial charge >= 0.3 is 5.97 Å². The van der Waals surface area contributed by atoms with Gasteiger partial charge in [-0.25, -0.2) is 4.79 Å². The second kappa shape index (κ2) is 9.38.